The molecule has 0 spiro atoms. The number of rotatable bonds is 18. The Balaban J connectivity index is 0. The summed E-state index contributed by atoms with van der Waals surface area (Å²) in [5.74, 6) is -0.241. The summed E-state index contributed by atoms with van der Waals surface area (Å²) in [6.07, 6.45) is 21.0. The topological polar surface area (TPSA) is 52.6 Å². The van der Waals surface area contributed by atoms with E-state index >= 15 is 0 Å². The third-order valence-electron chi connectivity index (χ3n) is 4.64. The van der Waals surface area contributed by atoms with Crippen molar-refractivity contribution < 1.29 is 19.1 Å². The Morgan fingerprint density at radius 2 is 0.893 bits per heavy atom. The minimum Gasteiger partial charge on any atom is -0.466 e. The van der Waals surface area contributed by atoms with E-state index in [1.54, 1.807) is 6.92 Å². The van der Waals surface area contributed by atoms with E-state index in [-0.39, 0.29) is 11.9 Å². The van der Waals surface area contributed by atoms with Gasteiger partial charge >= 0.3 is 11.9 Å². The molecule has 0 bridgehead atoms. The molecule has 0 aliphatic carbocycles. The van der Waals surface area contributed by atoms with Crippen molar-refractivity contribution >= 4 is 11.9 Å². The summed E-state index contributed by atoms with van der Waals surface area (Å²) < 4.78 is 9.32. The Morgan fingerprint density at radius 3 is 1.18 bits per heavy atom. The van der Waals surface area contributed by atoms with Crippen molar-refractivity contribution in [2.75, 3.05) is 13.2 Å². The van der Waals surface area contributed by atoms with Crippen LogP contribution in [0.5, 0.6) is 0 Å². The summed E-state index contributed by atoms with van der Waals surface area (Å²) in [5.41, 5.74) is 0. The first-order valence-corrected chi connectivity index (χ1v) is 11.9. The standard InChI is InChI=1S/C20H40O2.C4H8O2/c1-3-5-6-7-8-9-10-11-12-13-14-15-16-17-18-19-20(21)22-4-2;1-3-6-4(2)5/h3-19H2,1-2H3;3H2,1-2H3. The molecule has 0 aromatic carbocycles. The fraction of sp³-hybridized carbons (Fsp3) is 0.917. The van der Waals surface area contributed by atoms with Gasteiger partial charge in [0.25, 0.3) is 0 Å². The van der Waals surface area contributed by atoms with Gasteiger partial charge in [0.2, 0.25) is 0 Å². The zero-order valence-electron chi connectivity index (χ0n) is 19.4. The number of ether oxygens (including phenoxy) is 2. The molecule has 4 heteroatoms. The van der Waals surface area contributed by atoms with Gasteiger partial charge in [0, 0.05) is 13.3 Å². The Hall–Kier alpha value is -1.06. The van der Waals surface area contributed by atoms with Crippen molar-refractivity contribution in [2.45, 2.75) is 130 Å². The number of esters is 2. The molecule has 0 aromatic heterocycles. The molecule has 0 N–H and O–H groups in total. The highest BCUT2D eigenvalue weighted by Crippen LogP contribution is 2.13. The van der Waals surface area contributed by atoms with Crippen LogP contribution in [0.1, 0.15) is 130 Å². The molecule has 168 valence electrons. The molecule has 0 radical (unpaired) electrons. The summed E-state index contributed by atoms with van der Waals surface area (Å²) in [4.78, 5) is 21.0. The van der Waals surface area contributed by atoms with Gasteiger partial charge in [-0.25, -0.2) is 0 Å². The van der Waals surface area contributed by atoms with Crippen molar-refractivity contribution in [2.24, 2.45) is 0 Å². The second-order valence-electron chi connectivity index (χ2n) is 7.43. The molecule has 4 nitrogen and oxygen atoms in total. The van der Waals surface area contributed by atoms with Crippen LogP contribution in [0.15, 0.2) is 0 Å². The van der Waals surface area contributed by atoms with Crippen molar-refractivity contribution in [3.63, 3.8) is 0 Å². The van der Waals surface area contributed by atoms with Crippen molar-refractivity contribution in [3.05, 3.63) is 0 Å². The van der Waals surface area contributed by atoms with Crippen molar-refractivity contribution in [1.82, 2.24) is 0 Å². The van der Waals surface area contributed by atoms with Crippen LogP contribution >= 0.6 is 0 Å². The number of hydrogen-bond donors (Lipinski definition) is 0. The third kappa shape index (κ3) is 29.7. The predicted molar refractivity (Wildman–Crippen MR) is 118 cm³/mol. The molecule has 0 unspecified atom stereocenters. The molecular weight excluding hydrogens is 352 g/mol. The van der Waals surface area contributed by atoms with E-state index in [1.165, 1.54) is 96.8 Å². The summed E-state index contributed by atoms with van der Waals surface area (Å²) in [6.45, 7) is 8.31. The van der Waals surface area contributed by atoms with Gasteiger partial charge in [-0.05, 0) is 20.3 Å². The fourth-order valence-corrected chi connectivity index (χ4v) is 3.08. The van der Waals surface area contributed by atoms with Crippen LogP contribution in [0.2, 0.25) is 0 Å². The lowest BCUT2D eigenvalue weighted by atomic mass is 10.0. The van der Waals surface area contributed by atoms with E-state index < -0.39 is 0 Å². The minimum atomic E-state index is -0.211. The third-order valence-corrected chi connectivity index (χ3v) is 4.64. The summed E-state index contributed by atoms with van der Waals surface area (Å²) in [5, 5.41) is 0. The van der Waals surface area contributed by atoms with E-state index in [1.807, 2.05) is 6.92 Å². The van der Waals surface area contributed by atoms with Crippen molar-refractivity contribution in [3.8, 4) is 0 Å². The number of hydrogen-bond acceptors (Lipinski definition) is 4. The van der Waals surface area contributed by atoms with Crippen LogP contribution < -0.4 is 0 Å². The summed E-state index contributed by atoms with van der Waals surface area (Å²) in [6, 6.07) is 0. The van der Waals surface area contributed by atoms with Gasteiger partial charge in [-0.2, -0.15) is 0 Å². The normalized spacial score (nSPS) is 10.1. The summed E-state index contributed by atoms with van der Waals surface area (Å²) in [7, 11) is 0. The van der Waals surface area contributed by atoms with Crippen LogP contribution in [0.4, 0.5) is 0 Å². The molecule has 0 aliphatic heterocycles. The van der Waals surface area contributed by atoms with Crippen LogP contribution in [0.3, 0.4) is 0 Å². The molecular formula is C24H48O4. The molecule has 0 saturated heterocycles. The Labute approximate surface area is 175 Å². The fourth-order valence-electron chi connectivity index (χ4n) is 3.08. The molecule has 0 fully saturated rings. The van der Waals surface area contributed by atoms with E-state index in [9.17, 15) is 9.59 Å². The SMILES string of the molecule is CCCCCCCCCCCCCCCCCC(=O)OCC.CCOC(C)=O. The Kier molecular flexibility index (Phi) is 27.0. The monoisotopic (exact) mass is 400 g/mol. The first kappa shape index (κ1) is 29.1. The maximum absolute atomic E-state index is 11.2. The van der Waals surface area contributed by atoms with Crippen LogP contribution in [0.25, 0.3) is 0 Å². The first-order valence-electron chi connectivity index (χ1n) is 11.9. The molecule has 0 amide bonds. The van der Waals surface area contributed by atoms with Gasteiger partial charge < -0.3 is 9.47 Å². The molecule has 0 aromatic rings. The average molecular weight is 401 g/mol. The van der Waals surface area contributed by atoms with Crippen LogP contribution in [-0.2, 0) is 19.1 Å². The lowest BCUT2D eigenvalue weighted by Gasteiger charge is -2.03. The van der Waals surface area contributed by atoms with Crippen LogP contribution in [-0.4, -0.2) is 25.2 Å². The van der Waals surface area contributed by atoms with E-state index in [0.29, 0.717) is 19.6 Å². The Bertz CT molecular complexity index is 329. The maximum Gasteiger partial charge on any atom is 0.305 e. The van der Waals surface area contributed by atoms with E-state index in [2.05, 4.69) is 11.7 Å². The Morgan fingerprint density at radius 1 is 0.536 bits per heavy atom. The van der Waals surface area contributed by atoms with E-state index in [0.717, 1.165) is 6.42 Å². The number of carbonyl (C=O) groups is 2. The van der Waals surface area contributed by atoms with Gasteiger partial charge in [-0.15, -0.1) is 0 Å². The largest absolute Gasteiger partial charge is 0.466 e. The van der Waals surface area contributed by atoms with Gasteiger partial charge in [-0.3, -0.25) is 9.59 Å². The molecule has 0 rings (SSSR count). The van der Waals surface area contributed by atoms with E-state index in [4.69, 9.17) is 4.74 Å². The highest BCUT2D eigenvalue weighted by molar-refractivity contribution is 5.69. The quantitative estimate of drug-likeness (QED) is 0.178. The zero-order valence-corrected chi connectivity index (χ0v) is 19.4. The highest BCUT2D eigenvalue weighted by atomic mass is 16.5. The van der Waals surface area contributed by atoms with Crippen LogP contribution in [0, 0.1) is 0 Å². The minimum absolute atomic E-state index is 0.0304. The van der Waals surface area contributed by atoms with Gasteiger partial charge in [0.05, 0.1) is 13.2 Å². The first-order chi connectivity index (χ1) is 13.6. The van der Waals surface area contributed by atoms with Gasteiger partial charge in [-0.1, -0.05) is 96.8 Å². The smallest absolute Gasteiger partial charge is 0.305 e. The second kappa shape index (κ2) is 25.9. The average Bonchev–Trinajstić information content (AvgIpc) is 2.65. The molecule has 0 heterocycles. The van der Waals surface area contributed by atoms with Gasteiger partial charge in [0.1, 0.15) is 0 Å². The zero-order chi connectivity index (χ0) is 21.3. The number of unbranched alkanes of at least 4 members (excludes halogenated alkanes) is 14. The molecule has 0 saturated carbocycles. The number of carbonyl (C=O) groups excluding carboxylic acids is 2. The predicted octanol–water partition coefficient (Wildman–Crippen LogP) is 7.38. The highest BCUT2D eigenvalue weighted by Gasteiger charge is 2.00. The van der Waals surface area contributed by atoms with Gasteiger partial charge in [0.15, 0.2) is 0 Å². The molecule has 28 heavy (non-hydrogen) atoms. The lowest BCUT2D eigenvalue weighted by molar-refractivity contribution is -0.143. The summed E-state index contributed by atoms with van der Waals surface area (Å²) >= 11 is 0. The lowest BCUT2D eigenvalue weighted by Crippen LogP contribution is -2.03. The molecule has 0 atom stereocenters. The second-order valence-corrected chi connectivity index (χ2v) is 7.43. The molecule has 0 aliphatic rings. The maximum atomic E-state index is 11.2. The van der Waals surface area contributed by atoms with Crippen molar-refractivity contribution in [1.29, 1.82) is 0 Å².